The molecule has 3 aromatic rings. The minimum Gasteiger partial charge on any atom is -0.462 e. The Bertz CT molecular complexity index is 1220. The summed E-state index contributed by atoms with van der Waals surface area (Å²) in [5, 5.41) is 16.3. The van der Waals surface area contributed by atoms with E-state index in [0.29, 0.717) is 17.0 Å². The van der Waals surface area contributed by atoms with Crippen LogP contribution in [0.25, 0.3) is 16.9 Å². The highest BCUT2D eigenvalue weighted by Crippen LogP contribution is 2.25. The van der Waals surface area contributed by atoms with Gasteiger partial charge in [0.25, 0.3) is 11.8 Å². The molecule has 3 heterocycles. The van der Waals surface area contributed by atoms with Gasteiger partial charge in [-0.2, -0.15) is 5.10 Å². The van der Waals surface area contributed by atoms with E-state index in [1.807, 2.05) is 6.07 Å². The molecule has 1 aliphatic heterocycles. The van der Waals surface area contributed by atoms with Crippen molar-refractivity contribution in [1.29, 1.82) is 0 Å². The Labute approximate surface area is 176 Å². The monoisotopic (exact) mass is 421 g/mol. The van der Waals surface area contributed by atoms with Crippen molar-refractivity contribution in [3.8, 4) is 11.3 Å². The molecule has 31 heavy (non-hydrogen) atoms. The number of ether oxygens (including phenoxy) is 1. The number of rotatable bonds is 7. The molecule has 4 rings (SSSR count). The lowest BCUT2D eigenvalue weighted by Gasteiger charge is -2.14. The van der Waals surface area contributed by atoms with E-state index in [1.165, 1.54) is 16.8 Å². The quantitative estimate of drug-likeness (QED) is 0.431. The van der Waals surface area contributed by atoms with Crippen LogP contribution in [-0.2, 0) is 14.3 Å². The Morgan fingerprint density at radius 1 is 1.26 bits per heavy atom. The van der Waals surface area contributed by atoms with Crippen LogP contribution in [0.15, 0.2) is 54.5 Å². The first-order valence-corrected chi connectivity index (χ1v) is 9.59. The summed E-state index contributed by atoms with van der Waals surface area (Å²) in [6.07, 6.45) is 4.19. The molecule has 0 spiro atoms. The predicted octanol–water partition coefficient (Wildman–Crippen LogP) is 1.23. The van der Waals surface area contributed by atoms with Gasteiger partial charge in [-0.3, -0.25) is 14.5 Å². The van der Waals surface area contributed by atoms with E-state index in [9.17, 15) is 14.4 Å². The fourth-order valence-electron chi connectivity index (χ4n) is 3.28. The lowest BCUT2D eigenvalue weighted by atomic mass is 10.1. The van der Waals surface area contributed by atoms with Crippen molar-refractivity contribution in [2.75, 3.05) is 25.1 Å². The van der Waals surface area contributed by atoms with Crippen molar-refractivity contribution in [3.05, 3.63) is 60.1 Å². The zero-order valence-electron chi connectivity index (χ0n) is 16.6. The van der Waals surface area contributed by atoms with Gasteiger partial charge in [0.15, 0.2) is 5.65 Å². The van der Waals surface area contributed by atoms with Crippen molar-refractivity contribution in [2.24, 2.45) is 0 Å². The molecule has 0 radical (unpaired) electrons. The topological polar surface area (TPSA) is 126 Å². The van der Waals surface area contributed by atoms with Gasteiger partial charge < -0.3 is 15.2 Å². The molecule has 10 nitrogen and oxygen atoms in total. The highest BCUT2D eigenvalue weighted by molar-refractivity contribution is 6.17. The van der Waals surface area contributed by atoms with Crippen molar-refractivity contribution < 1.29 is 24.2 Å². The molecule has 10 heteroatoms. The largest absolute Gasteiger partial charge is 0.462 e. The van der Waals surface area contributed by atoms with Crippen LogP contribution in [0.2, 0.25) is 0 Å². The van der Waals surface area contributed by atoms with Crippen LogP contribution < -0.4 is 5.32 Å². The third kappa shape index (κ3) is 3.76. The molecule has 0 saturated heterocycles. The number of imide groups is 1. The van der Waals surface area contributed by atoms with Gasteiger partial charge in [-0.05, 0) is 25.1 Å². The highest BCUT2D eigenvalue weighted by atomic mass is 16.5. The fraction of sp³-hybridized carbons (Fsp3) is 0.190. The number of β-amino-alcohol motifs (C(OH)–C–C–N with tert-alkyl or cyclic N) is 1. The van der Waals surface area contributed by atoms with Gasteiger partial charge in [0.1, 0.15) is 11.3 Å². The molecule has 2 amide bonds. The number of benzene rings is 1. The van der Waals surface area contributed by atoms with E-state index in [1.54, 1.807) is 37.4 Å². The Kier molecular flexibility index (Phi) is 5.46. The zero-order valence-corrected chi connectivity index (χ0v) is 16.6. The molecule has 158 valence electrons. The first kappa shape index (κ1) is 20.2. The molecule has 2 aromatic heterocycles. The molecule has 0 bridgehead atoms. The Hall–Kier alpha value is -4.05. The zero-order chi connectivity index (χ0) is 22.0. The Morgan fingerprint density at radius 2 is 2.10 bits per heavy atom. The summed E-state index contributed by atoms with van der Waals surface area (Å²) in [6, 6.07) is 8.92. The van der Waals surface area contributed by atoms with Gasteiger partial charge in [0, 0.05) is 23.5 Å². The SMILES string of the molecule is CCOC(=O)c1cnn2c(-c3cccc(NC4=CC(=O)N(CCO)C4=O)c3)ccnc12. The maximum Gasteiger partial charge on any atom is 0.343 e. The number of carbonyl (C=O) groups excluding carboxylic acids is 3. The molecule has 0 aliphatic carbocycles. The molecule has 0 unspecified atom stereocenters. The van der Waals surface area contributed by atoms with Gasteiger partial charge in [0.05, 0.1) is 31.6 Å². The number of amides is 2. The number of esters is 1. The van der Waals surface area contributed by atoms with E-state index in [-0.39, 0.29) is 31.0 Å². The van der Waals surface area contributed by atoms with E-state index in [2.05, 4.69) is 15.4 Å². The lowest BCUT2D eigenvalue weighted by Crippen LogP contribution is -2.34. The van der Waals surface area contributed by atoms with Crippen molar-refractivity contribution >= 4 is 29.1 Å². The average molecular weight is 421 g/mol. The van der Waals surface area contributed by atoms with Gasteiger partial charge in [-0.25, -0.2) is 14.3 Å². The number of fused-ring (bicyclic) bond motifs is 1. The second-order valence-electron chi connectivity index (χ2n) is 6.63. The molecule has 0 fully saturated rings. The maximum atomic E-state index is 12.4. The van der Waals surface area contributed by atoms with Crippen LogP contribution in [0.4, 0.5) is 5.69 Å². The van der Waals surface area contributed by atoms with Crippen molar-refractivity contribution in [2.45, 2.75) is 6.92 Å². The van der Waals surface area contributed by atoms with E-state index in [4.69, 9.17) is 9.84 Å². The third-order valence-corrected chi connectivity index (χ3v) is 4.67. The maximum absolute atomic E-state index is 12.4. The molecule has 2 N–H and O–H groups in total. The van der Waals surface area contributed by atoms with Crippen molar-refractivity contribution in [3.63, 3.8) is 0 Å². The predicted molar refractivity (Wildman–Crippen MR) is 110 cm³/mol. The third-order valence-electron chi connectivity index (χ3n) is 4.67. The first-order chi connectivity index (χ1) is 15.0. The Balaban J connectivity index is 1.64. The number of hydrogen-bond donors (Lipinski definition) is 2. The summed E-state index contributed by atoms with van der Waals surface area (Å²) in [5.74, 6) is -1.47. The standard InChI is InChI=1S/C21H19N5O5/c1-2-31-21(30)15-12-23-26-17(6-7-22-19(15)26)13-4-3-5-14(10-13)24-16-11-18(28)25(8-9-27)20(16)29/h3-7,10-12,24,27H,2,8-9H2,1H3. The van der Waals surface area contributed by atoms with E-state index in [0.717, 1.165) is 10.5 Å². The van der Waals surface area contributed by atoms with Crippen LogP contribution in [0, 0.1) is 0 Å². The highest BCUT2D eigenvalue weighted by Gasteiger charge is 2.30. The minimum absolute atomic E-state index is 0.0590. The molecule has 1 aliphatic rings. The molecular weight excluding hydrogens is 402 g/mol. The van der Waals surface area contributed by atoms with Crippen LogP contribution in [0.3, 0.4) is 0 Å². The number of carbonyl (C=O) groups is 3. The molecular formula is C21H19N5O5. The van der Waals surface area contributed by atoms with Crippen LogP contribution >= 0.6 is 0 Å². The number of anilines is 1. The summed E-state index contributed by atoms with van der Waals surface area (Å²) < 4.78 is 6.59. The van der Waals surface area contributed by atoms with Gasteiger partial charge in [0.2, 0.25) is 0 Å². The van der Waals surface area contributed by atoms with E-state index < -0.39 is 17.8 Å². The number of hydrogen-bond acceptors (Lipinski definition) is 8. The summed E-state index contributed by atoms with van der Waals surface area (Å²) in [5.41, 5.74) is 2.77. The number of aliphatic hydroxyl groups excluding tert-OH is 1. The van der Waals surface area contributed by atoms with E-state index >= 15 is 0 Å². The lowest BCUT2D eigenvalue weighted by molar-refractivity contribution is -0.137. The smallest absolute Gasteiger partial charge is 0.343 e. The first-order valence-electron chi connectivity index (χ1n) is 9.59. The molecule has 0 saturated carbocycles. The van der Waals surface area contributed by atoms with Gasteiger partial charge in [-0.1, -0.05) is 12.1 Å². The molecule has 1 aromatic carbocycles. The second-order valence-corrected chi connectivity index (χ2v) is 6.63. The number of aliphatic hydroxyl groups is 1. The average Bonchev–Trinajstić information content (AvgIpc) is 3.31. The normalized spacial score (nSPS) is 13.6. The number of aromatic nitrogens is 3. The number of nitrogens with zero attached hydrogens (tertiary/aromatic N) is 4. The Morgan fingerprint density at radius 3 is 2.87 bits per heavy atom. The summed E-state index contributed by atoms with van der Waals surface area (Å²) in [6.45, 7) is 1.61. The summed E-state index contributed by atoms with van der Waals surface area (Å²) in [4.78, 5) is 41.6. The summed E-state index contributed by atoms with van der Waals surface area (Å²) in [7, 11) is 0. The van der Waals surface area contributed by atoms with Crippen LogP contribution in [0.5, 0.6) is 0 Å². The second kappa shape index (κ2) is 8.36. The van der Waals surface area contributed by atoms with Crippen molar-refractivity contribution in [1.82, 2.24) is 19.5 Å². The van der Waals surface area contributed by atoms with Gasteiger partial charge >= 0.3 is 5.97 Å². The fourth-order valence-corrected chi connectivity index (χ4v) is 3.28. The minimum atomic E-state index is -0.499. The van der Waals surface area contributed by atoms with Gasteiger partial charge in [-0.15, -0.1) is 0 Å². The van der Waals surface area contributed by atoms with Crippen LogP contribution in [0.1, 0.15) is 17.3 Å². The molecule has 0 atom stereocenters. The number of nitrogens with one attached hydrogen (secondary N) is 1. The summed E-state index contributed by atoms with van der Waals surface area (Å²) >= 11 is 0. The van der Waals surface area contributed by atoms with Crippen LogP contribution in [-0.4, -0.2) is 62.1 Å².